The fraction of sp³-hybridized carbons (Fsp3) is 0.278. The molecule has 1 aliphatic rings. The summed E-state index contributed by atoms with van der Waals surface area (Å²) in [6.45, 7) is 1.41. The van der Waals surface area contributed by atoms with Crippen molar-refractivity contribution in [1.29, 1.82) is 0 Å². The normalized spacial score (nSPS) is 17.1. The van der Waals surface area contributed by atoms with Crippen molar-refractivity contribution in [1.82, 2.24) is 10.3 Å². The van der Waals surface area contributed by atoms with Crippen LogP contribution in [0.3, 0.4) is 0 Å². The first-order chi connectivity index (χ1) is 12.2. The molecule has 0 radical (unpaired) electrons. The van der Waals surface area contributed by atoms with Crippen LogP contribution in [0.5, 0.6) is 0 Å². The highest BCUT2D eigenvalue weighted by Crippen LogP contribution is 2.26. The number of carbonyl (C=O) groups is 1. The minimum atomic E-state index is -0.612. The summed E-state index contributed by atoms with van der Waals surface area (Å²) in [5, 5.41) is 6.53. The Morgan fingerprint density at radius 1 is 1.40 bits per heavy atom. The van der Waals surface area contributed by atoms with E-state index < -0.39 is 11.5 Å². The maximum absolute atomic E-state index is 12.5. The van der Waals surface area contributed by atoms with E-state index in [1.807, 2.05) is 17.5 Å². The van der Waals surface area contributed by atoms with Crippen LogP contribution in [0.4, 0.5) is 5.13 Å². The molecular formula is C18H17N3O3S. The zero-order chi connectivity index (χ0) is 17.2. The molecule has 1 amide bonds. The van der Waals surface area contributed by atoms with Crippen LogP contribution in [0, 0.1) is 0 Å². The predicted octanol–water partition coefficient (Wildman–Crippen LogP) is 2.65. The highest BCUT2D eigenvalue weighted by Gasteiger charge is 2.27. The molecule has 0 spiro atoms. The average Bonchev–Trinajstić information content (AvgIpc) is 3.30. The van der Waals surface area contributed by atoms with E-state index in [0.29, 0.717) is 12.1 Å². The number of amides is 1. The first-order valence-electron chi connectivity index (χ1n) is 8.19. The molecule has 0 aliphatic carbocycles. The molecule has 1 unspecified atom stereocenters. The van der Waals surface area contributed by atoms with E-state index in [9.17, 15) is 9.59 Å². The van der Waals surface area contributed by atoms with Gasteiger partial charge in [-0.15, -0.1) is 11.3 Å². The average molecular weight is 355 g/mol. The number of aromatic nitrogens is 1. The lowest BCUT2D eigenvalue weighted by Gasteiger charge is -2.24. The third-order valence-corrected chi connectivity index (χ3v) is 5.23. The van der Waals surface area contributed by atoms with Gasteiger partial charge in [-0.05, 0) is 25.0 Å². The zero-order valence-corrected chi connectivity index (χ0v) is 14.3. The first-order valence-corrected chi connectivity index (χ1v) is 9.07. The van der Waals surface area contributed by atoms with E-state index in [4.69, 9.17) is 4.42 Å². The van der Waals surface area contributed by atoms with Crippen molar-refractivity contribution < 1.29 is 9.21 Å². The number of benzene rings is 1. The number of nitrogens with zero attached hydrogens (tertiary/aromatic N) is 2. The van der Waals surface area contributed by atoms with Crippen LogP contribution in [-0.4, -0.2) is 30.0 Å². The van der Waals surface area contributed by atoms with E-state index in [1.165, 1.54) is 0 Å². The molecule has 3 aromatic rings. The van der Waals surface area contributed by atoms with Gasteiger partial charge < -0.3 is 14.6 Å². The Kier molecular flexibility index (Phi) is 4.23. The minimum absolute atomic E-state index is 0.0393. The standard InChI is InChI=1S/C18H17N3O3S/c22-16(14-10-12-4-1-2-6-15(12)24-17(14)23)20-11-13-5-3-8-21(13)18-19-7-9-25-18/h1-2,4,6-7,9-10,13H,3,5,8,11H2,(H,20,22). The lowest BCUT2D eigenvalue weighted by atomic mass is 10.1. The van der Waals surface area contributed by atoms with Crippen LogP contribution in [-0.2, 0) is 0 Å². The molecule has 1 atom stereocenters. The Hall–Kier alpha value is -2.67. The molecule has 1 N–H and O–H groups in total. The van der Waals surface area contributed by atoms with Crippen LogP contribution in [0.1, 0.15) is 23.2 Å². The van der Waals surface area contributed by atoms with Crippen molar-refractivity contribution in [2.24, 2.45) is 0 Å². The summed E-state index contributed by atoms with van der Waals surface area (Å²) in [5.41, 5.74) is -0.0910. The van der Waals surface area contributed by atoms with E-state index in [1.54, 1.807) is 35.7 Å². The quantitative estimate of drug-likeness (QED) is 0.728. The second-order valence-corrected chi connectivity index (χ2v) is 6.87. The third kappa shape index (κ3) is 3.15. The topological polar surface area (TPSA) is 75.4 Å². The number of hydrogen-bond donors (Lipinski definition) is 1. The number of thiazole rings is 1. The van der Waals surface area contributed by atoms with Gasteiger partial charge in [-0.2, -0.15) is 0 Å². The summed E-state index contributed by atoms with van der Waals surface area (Å²) in [7, 11) is 0. The van der Waals surface area contributed by atoms with E-state index in [2.05, 4.69) is 15.2 Å². The Morgan fingerprint density at radius 2 is 2.28 bits per heavy atom. The van der Waals surface area contributed by atoms with Crippen molar-refractivity contribution in [3.63, 3.8) is 0 Å². The molecule has 1 saturated heterocycles. The molecule has 1 aliphatic heterocycles. The lowest BCUT2D eigenvalue weighted by molar-refractivity contribution is 0.0948. The molecule has 3 heterocycles. The SMILES string of the molecule is O=C(NCC1CCCN1c1nccs1)c1cc2ccccc2oc1=O. The minimum Gasteiger partial charge on any atom is -0.422 e. The smallest absolute Gasteiger partial charge is 0.349 e. The number of hydrogen-bond acceptors (Lipinski definition) is 6. The predicted molar refractivity (Wildman–Crippen MR) is 97.3 cm³/mol. The van der Waals surface area contributed by atoms with Crippen LogP contribution in [0.25, 0.3) is 11.0 Å². The number of nitrogens with one attached hydrogen (secondary N) is 1. The molecule has 0 bridgehead atoms. The van der Waals surface area contributed by atoms with Gasteiger partial charge in [0, 0.05) is 36.1 Å². The number of fused-ring (bicyclic) bond motifs is 1. The molecule has 2 aromatic heterocycles. The second kappa shape index (κ2) is 6.68. The highest BCUT2D eigenvalue weighted by atomic mass is 32.1. The Morgan fingerprint density at radius 3 is 3.12 bits per heavy atom. The van der Waals surface area contributed by atoms with Crippen LogP contribution in [0.2, 0.25) is 0 Å². The highest BCUT2D eigenvalue weighted by molar-refractivity contribution is 7.13. The Labute approximate surface area is 148 Å². The number of carbonyl (C=O) groups excluding carboxylic acids is 1. The van der Waals surface area contributed by atoms with Crippen LogP contribution >= 0.6 is 11.3 Å². The van der Waals surface area contributed by atoms with E-state index in [-0.39, 0.29) is 11.6 Å². The maximum atomic E-state index is 12.5. The van der Waals surface area contributed by atoms with Crippen LogP contribution in [0.15, 0.2) is 51.1 Å². The first kappa shape index (κ1) is 15.8. The summed E-state index contributed by atoms with van der Waals surface area (Å²) < 4.78 is 5.23. The summed E-state index contributed by atoms with van der Waals surface area (Å²) in [6.07, 6.45) is 3.85. The second-order valence-electron chi connectivity index (χ2n) is 6.00. The molecule has 7 heteroatoms. The summed E-state index contributed by atoms with van der Waals surface area (Å²) in [6, 6.07) is 8.94. The molecule has 4 rings (SSSR count). The molecule has 25 heavy (non-hydrogen) atoms. The van der Waals surface area contributed by atoms with Crippen molar-refractivity contribution in [3.05, 3.63) is 57.9 Å². The van der Waals surface area contributed by atoms with Gasteiger partial charge in [0.15, 0.2) is 5.13 Å². The molecular weight excluding hydrogens is 338 g/mol. The van der Waals surface area contributed by atoms with Crippen molar-refractivity contribution in [3.8, 4) is 0 Å². The van der Waals surface area contributed by atoms with Gasteiger partial charge >= 0.3 is 5.63 Å². The number of para-hydroxylation sites is 1. The van der Waals surface area contributed by atoms with Crippen molar-refractivity contribution >= 4 is 33.3 Å². The number of rotatable bonds is 4. The van der Waals surface area contributed by atoms with E-state index >= 15 is 0 Å². The fourth-order valence-electron chi connectivity index (χ4n) is 3.18. The monoisotopic (exact) mass is 355 g/mol. The largest absolute Gasteiger partial charge is 0.422 e. The fourth-order valence-corrected chi connectivity index (χ4v) is 3.92. The van der Waals surface area contributed by atoms with Crippen LogP contribution < -0.4 is 15.8 Å². The van der Waals surface area contributed by atoms with Gasteiger partial charge in [-0.25, -0.2) is 9.78 Å². The Balaban J connectivity index is 1.49. The van der Waals surface area contributed by atoms with Gasteiger partial charge in [0.25, 0.3) is 5.91 Å². The molecule has 6 nitrogen and oxygen atoms in total. The van der Waals surface area contributed by atoms with E-state index in [0.717, 1.165) is 29.9 Å². The maximum Gasteiger partial charge on any atom is 0.349 e. The lowest BCUT2D eigenvalue weighted by Crippen LogP contribution is -2.41. The van der Waals surface area contributed by atoms with Gasteiger partial charge in [0.05, 0.1) is 0 Å². The van der Waals surface area contributed by atoms with Gasteiger partial charge in [-0.3, -0.25) is 4.79 Å². The zero-order valence-electron chi connectivity index (χ0n) is 13.5. The van der Waals surface area contributed by atoms with Crippen molar-refractivity contribution in [2.75, 3.05) is 18.0 Å². The molecule has 128 valence electrons. The molecule has 1 aromatic carbocycles. The van der Waals surface area contributed by atoms with Gasteiger partial charge in [0.1, 0.15) is 11.1 Å². The molecule has 0 saturated carbocycles. The summed E-state index contributed by atoms with van der Waals surface area (Å²) in [4.78, 5) is 31.1. The van der Waals surface area contributed by atoms with Gasteiger partial charge in [0.2, 0.25) is 0 Å². The van der Waals surface area contributed by atoms with Gasteiger partial charge in [-0.1, -0.05) is 18.2 Å². The third-order valence-electron chi connectivity index (χ3n) is 4.43. The summed E-state index contributed by atoms with van der Waals surface area (Å²) in [5.74, 6) is -0.398. The molecule has 1 fully saturated rings. The number of anilines is 1. The summed E-state index contributed by atoms with van der Waals surface area (Å²) >= 11 is 1.60. The van der Waals surface area contributed by atoms with Crippen molar-refractivity contribution in [2.45, 2.75) is 18.9 Å². The Bertz CT molecular complexity index is 952.